The highest BCUT2D eigenvalue weighted by Gasteiger charge is 2.13. The summed E-state index contributed by atoms with van der Waals surface area (Å²) in [5.74, 6) is -0.416. The number of nitrogens with one attached hydrogen (secondary N) is 1. The molecule has 0 aliphatic heterocycles. The first-order valence-corrected chi connectivity index (χ1v) is 6.71. The number of ether oxygens (including phenoxy) is 1. The number of carbonyl (C=O) groups is 1. The van der Waals surface area contributed by atoms with E-state index in [0.717, 1.165) is 5.56 Å². The Labute approximate surface area is 124 Å². The number of hydrogen-bond donors (Lipinski definition) is 1. The van der Waals surface area contributed by atoms with Gasteiger partial charge in [0.1, 0.15) is 11.6 Å². The molecular formula is C15H13BrFNO2. The van der Waals surface area contributed by atoms with E-state index in [-0.39, 0.29) is 11.6 Å². The number of amides is 1. The lowest BCUT2D eigenvalue weighted by Crippen LogP contribution is -2.14. The van der Waals surface area contributed by atoms with E-state index in [1.54, 1.807) is 12.1 Å². The molecule has 2 aromatic rings. The third-order valence-corrected chi connectivity index (χ3v) is 3.48. The molecule has 0 fully saturated rings. The lowest BCUT2D eigenvalue weighted by Gasteiger charge is -2.10. The van der Waals surface area contributed by atoms with E-state index in [0.29, 0.717) is 15.8 Å². The first-order valence-electron chi connectivity index (χ1n) is 5.92. The Morgan fingerprint density at radius 1 is 1.25 bits per heavy atom. The molecule has 0 saturated heterocycles. The van der Waals surface area contributed by atoms with Crippen LogP contribution in [0.4, 0.5) is 10.1 Å². The van der Waals surface area contributed by atoms with Crippen LogP contribution in [0.2, 0.25) is 0 Å². The summed E-state index contributed by atoms with van der Waals surface area (Å²) >= 11 is 3.31. The van der Waals surface area contributed by atoms with Crippen molar-refractivity contribution in [2.75, 3.05) is 12.4 Å². The van der Waals surface area contributed by atoms with Crippen LogP contribution in [0.5, 0.6) is 5.75 Å². The van der Waals surface area contributed by atoms with Crippen LogP contribution in [0.15, 0.2) is 40.9 Å². The van der Waals surface area contributed by atoms with Crippen molar-refractivity contribution in [2.24, 2.45) is 0 Å². The van der Waals surface area contributed by atoms with E-state index in [4.69, 9.17) is 4.74 Å². The summed E-state index contributed by atoms with van der Waals surface area (Å²) in [6.07, 6.45) is 0. The van der Waals surface area contributed by atoms with Crippen LogP contribution in [0.3, 0.4) is 0 Å². The number of hydrogen-bond acceptors (Lipinski definition) is 2. The van der Waals surface area contributed by atoms with Crippen molar-refractivity contribution in [2.45, 2.75) is 6.92 Å². The van der Waals surface area contributed by atoms with Crippen molar-refractivity contribution in [3.8, 4) is 5.75 Å². The van der Waals surface area contributed by atoms with Crippen LogP contribution in [0, 0.1) is 12.7 Å². The van der Waals surface area contributed by atoms with E-state index in [9.17, 15) is 9.18 Å². The van der Waals surface area contributed by atoms with Gasteiger partial charge in [-0.25, -0.2) is 4.39 Å². The summed E-state index contributed by atoms with van der Waals surface area (Å²) in [6.45, 7) is 1.88. The molecule has 1 N–H and O–H groups in total. The first kappa shape index (κ1) is 14.5. The third-order valence-electron chi connectivity index (χ3n) is 2.79. The summed E-state index contributed by atoms with van der Waals surface area (Å²) in [4.78, 5) is 12.2. The van der Waals surface area contributed by atoms with Crippen LogP contribution in [-0.4, -0.2) is 13.0 Å². The van der Waals surface area contributed by atoms with Crippen molar-refractivity contribution in [1.29, 1.82) is 0 Å². The van der Waals surface area contributed by atoms with Crippen molar-refractivity contribution in [3.05, 3.63) is 57.8 Å². The molecular weight excluding hydrogens is 325 g/mol. The molecule has 20 heavy (non-hydrogen) atoms. The topological polar surface area (TPSA) is 38.3 Å². The maximum Gasteiger partial charge on any atom is 0.256 e. The van der Waals surface area contributed by atoms with Gasteiger partial charge in [-0.15, -0.1) is 0 Å². The molecule has 0 aromatic heterocycles. The Hall–Kier alpha value is -1.88. The van der Waals surface area contributed by atoms with Gasteiger partial charge in [-0.05, 0) is 47.1 Å². The van der Waals surface area contributed by atoms with E-state index in [2.05, 4.69) is 21.2 Å². The minimum Gasteiger partial charge on any atom is -0.497 e. The van der Waals surface area contributed by atoms with Gasteiger partial charge in [-0.1, -0.05) is 11.6 Å². The van der Waals surface area contributed by atoms with Gasteiger partial charge in [-0.3, -0.25) is 4.79 Å². The average molecular weight is 338 g/mol. The normalized spacial score (nSPS) is 10.2. The van der Waals surface area contributed by atoms with E-state index < -0.39 is 5.82 Å². The van der Waals surface area contributed by atoms with Crippen LogP contribution in [0.25, 0.3) is 0 Å². The first-order chi connectivity index (χ1) is 9.51. The minimum absolute atomic E-state index is 0.0859. The van der Waals surface area contributed by atoms with Crippen molar-refractivity contribution in [3.63, 3.8) is 0 Å². The Morgan fingerprint density at radius 3 is 2.70 bits per heavy atom. The predicted octanol–water partition coefficient (Wildman–Crippen LogP) is 4.16. The summed E-state index contributed by atoms with van der Waals surface area (Å²) in [5.41, 5.74) is 1.49. The Kier molecular flexibility index (Phi) is 4.39. The summed E-state index contributed by atoms with van der Waals surface area (Å²) in [5, 5.41) is 2.55. The monoisotopic (exact) mass is 337 g/mol. The maximum absolute atomic E-state index is 13.7. The van der Waals surface area contributed by atoms with Gasteiger partial charge < -0.3 is 10.1 Å². The number of benzene rings is 2. The van der Waals surface area contributed by atoms with Crippen molar-refractivity contribution >= 4 is 27.5 Å². The summed E-state index contributed by atoms with van der Waals surface area (Å²) in [6, 6.07) is 9.58. The van der Waals surface area contributed by atoms with Crippen LogP contribution in [-0.2, 0) is 0 Å². The summed E-state index contributed by atoms with van der Waals surface area (Å²) in [7, 11) is 1.48. The number of methoxy groups -OCH3 is 1. The van der Waals surface area contributed by atoms with Crippen molar-refractivity contribution in [1.82, 2.24) is 0 Å². The minimum atomic E-state index is -0.511. The largest absolute Gasteiger partial charge is 0.497 e. The molecule has 5 heteroatoms. The van der Waals surface area contributed by atoms with Gasteiger partial charge in [0.05, 0.1) is 18.4 Å². The van der Waals surface area contributed by atoms with E-state index in [1.807, 2.05) is 13.0 Å². The SMILES string of the molecule is COc1ccc(F)c(NC(=O)c2cc(C)ccc2Br)c1. The molecule has 2 rings (SSSR count). The highest BCUT2D eigenvalue weighted by molar-refractivity contribution is 9.10. The van der Waals surface area contributed by atoms with Crippen LogP contribution < -0.4 is 10.1 Å². The number of rotatable bonds is 3. The number of halogens is 2. The highest BCUT2D eigenvalue weighted by Crippen LogP contribution is 2.24. The second-order valence-corrected chi connectivity index (χ2v) is 5.14. The molecule has 0 unspecified atom stereocenters. The quantitative estimate of drug-likeness (QED) is 0.913. The van der Waals surface area contributed by atoms with Crippen LogP contribution >= 0.6 is 15.9 Å². The zero-order valence-corrected chi connectivity index (χ0v) is 12.6. The maximum atomic E-state index is 13.7. The van der Waals surface area contributed by atoms with Gasteiger partial charge in [0, 0.05) is 10.5 Å². The molecule has 0 radical (unpaired) electrons. The molecule has 0 saturated carbocycles. The second-order valence-electron chi connectivity index (χ2n) is 4.28. The molecule has 104 valence electrons. The smallest absolute Gasteiger partial charge is 0.256 e. The number of aryl methyl sites for hydroxylation is 1. The van der Waals surface area contributed by atoms with E-state index >= 15 is 0 Å². The predicted molar refractivity (Wildman–Crippen MR) is 79.8 cm³/mol. The second kappa shape index (κ2) is 6.05. The molecule has 0 aliphatic rings. The summed E-state index contributed by atoms with van der Waals surface area (Å²) < 4.78 is 19.3. The number of anilines is 1. The van der Waals surface area contributed by atoms with Gasteiger partial charge >= 0.3 is 0 Å². The molecule has 0 spiro atoms. The molecule has 1 amide bonds. The fraction of sp³-hybridized carbons (Fsp3) is 0.133. The lowest BCUT2D eigenvalue weighted by atomic mass is 10.1. The average Bonchev–Trinajstić information content (AvgIpc) is 2.43. The zero-order valence-electron chi connectivity index (χ0n) is 11.0. The molecule has 2 aromatic carbocycles. The lowest BCUT2D eigenvalue weighted by molar-refractivity contribution is 0.102. The van der Waals surface area contributed by atoms with Gasteiger partial charge in [0.2, 0.25) is 0 Å². The molecule has 3 nitrogen and oxygen atoms in total. The molecule has 0 atom stereocenters. The zero-order chi connectivity index (χ0) is 14.7. The Bertz CT molecular complexity index is 658. The van der Waals surface area contributed by atoms with Gasteiger partial charge in [0.25, 0.3) is 5.91 Å². The molecule has 0 aliphatic carbocycles. The van der Waals surface area contributed by atoms with Crippen LogP contribution in [0.1, 0.15) is 15.9 Å². The molecule has 0 heterocycles. The Morgan fingerprint density at radius 2 is 2.00 bits per heavy atom. The number of carbonyl (C=O) groups excluding carboxylic acids is 1. The van der Waals surface area contributed by atoms with Crippen molar-refractivity contribution < 1.29 is 13.9 Å². The standard InChI is InChI=1S/C15H13BrFNO2/c1-9-3-5-12(16)11(7-9)15(19)18-14-8-10(20-2)4-6-13(14)17/h3-8H,1-2H3,(H,18,19). The Balaban J connectivity index is 2.30. The fourth-order valence-corrected chi connectivity index (χ4v) is 2.16. The van der Waals surface area contributed by atoms with Gasteiger partial charge in [0.15, 0.2) is 0 Å². The van der Waals surface area contributed by atoms with E-state index in [1.165, 1.54) is 25.3 Å². The fourth-order valence-electron chi connectivity index (χ4n) is 1.73. The van der Waals surface area contributed by atoms with Gasteiger partial charge in [-0.2, -0.15) is 0 Å². The third kappa shape index (κ3) is 3.17. The highest BCUT2D eigenvalue weighted by atomic mass is 79.9. The molecule has 0 bridgehead atoms.